The summed E-state index contributed by atoms with van der Waals surface area (Å²) >= 11 is 0. The van der Waals surface area contributed by atoms with Gasteiger partial charge in [0.2, 0.25) is 0 Å². The third kappa shape index (κ3) is 2.72. The first kappa shape index (κ1) is 14.3. The summed E-state index contributed by atoms with van der Waals surface area (Å²) in [6.07, 6.45) is 2.06. The van der Waals surface area contributed by atoms with E-state index in [0.717, 1.165) is 33.7 Å². The summed E-state index contributed by atoms with van der Waals surface area (Å²) in [7, 11) is 1.64. The largest absolute Gasteiger partial charge is 0.496 e. The molecule has 1 aromatic carbocycles. The highest BCUT2D eigenvalue weighted by Crippen LogP contribution is 2.25. The van der Waals surface area contributed by atoms with Gasteiger partial charge < -0.3 is 4.74 Å². The van der Waals surface area contributed by atoms with Crippen molar-refractivity contribution in [3.8, 4) is 5.75 Å². The van der Waals surface area contributed by atoms with Gasteiger partial charge in [0.1, 0.15) is 5.75 Å². The standard InChI is InChI=1S/C17H19NO2/c1-11-7-5-6-8-14(11)16(19)9-15-13(3)17(20-4)12(2)10-18-15/h5-8,10H,9H2,1-4H3. The second kappa shape index (κ2) is 5.87. The van der Waals surface area contributed by atoms with Gasteiger partial charge in [-0.25, -0.2) is 0 Å². The molecule has 0 fully saturated rings. The summed E-state index contributed by atoms with van der Waals surface area (Å²) in [5, 5.41) is 0. The number of ketones is 1. The summed E-state index contributed by atoms with van der Waals surface area (Å²) in [5.41, 5.74) is 4.45. The van der Waals surface area contributed by atoms with E-state index in [0.29, 0.717) is 6.42 Å². The van der Waals surface area contributed by atoms with Gasteiger partial charge in [-0.3, -0.25) is 9.78 Å². The van der Waals surface area contributed by atoms with E-state index in [1.807, 2.05) is 45.0 Å². The van der Waals surface area contributed by atoms with Gasteiger partial charge in [-0.15, -0.1) is 0 Å². The number of aryl methyl sites for hydroxylation is 2. The lowest BCUT2D eigenvalue weighted by Crippen LogP contribution is -2.09. The summed E-state index contributed by atoms with van der Waals surface area (Å²) in [6, 6.07) is 7.63. The number of carbonyl (C=O) groups excluding carboxylic acids is 1. The zero-order chi connectivity index (χ0) is 14.7. The second-order valence-corrected chi connectivity index (χ2v) is 4.96. The first-order valence-corrected chi connectivity index (χ1v) is 6.62. The third-order valence-corrected chi connectivity index (χ3v) is 3.52. The topological polar surface area (TPSA) is 39.2 Å². The molecule has 0 aliphatic heterocycles. The van der Waals surface area contributed by atoms with Crippen LogP contribution in [0.3, 0.4) is 0 Å². The molecule has 1 aromatic heterocycles. The van der Waals surface area contributed by atoms with Crippen LogP contribution >= 0.6 is 0 Å². The van der Waals surface area contributed by atoms with Gasteiger partial charge in [0.05, 0.1) is 19.2 Å². The Hall–Kier alpha value is -2.16. The van der Waals surface area contributed by atoms with Crippen LogP contribution in [0.4, 0.5) is 0 Å². The maximum Gasteiger partial charge on any atom is 0.169 e. The first-order valence-electron chi connectivity index (χ1n) is 6.62. The SMILES string of the molecule is COc1c(C)cnc(CC(=O)c2ccccc2C)c1C. The Labute approximate surface area is 119 Å². The van der Waals surface area contributed by atoms with Gasteiger partial charge in [0, 0.05) is 22.9 Å². The van der Waals surface area contributed by atoms with E-state index >= 15 is 0 Å². The van der Waals surface area contributed by atoms with Crippen LogP contribution in [0, 0.1) is 20.8 Å². The summed E-state index contributed by atoms with van der Waals surface area (Å²) in [5.74, 6) is 0.900. The van der Waals surface area contributed by atoms with Crippen LogP contribution in [-0.4, -0.2) is 17.9 Å². The average molecular weight is 269 g/mol. The van der Waals surface area contributed by atoms with Crippen LogP contribution in [-0.2, 0) is 6.42 Å². The molecule has 0 saturated heterocycles. The molecule has 104 valence electrons. The van der Waals surface area contributed by atoms with Crippen molar-refractivity contribution in [1.82, 2.24) is 4.98 Å². The number of methoxy groups -OCH3 is 1. The molecule has 2 rings (SSSR count). The molecular formula is C17H19NO2. The zero-order valence-corrected chi connectivity index (χ0v) is 12.4. The molecule has 0 unspecified atom stereocenters. The Kier molecular flexibility index (Phi) is 4.18. The normalized spacial score (nSPS) is 10.4. The molecule has 0 atom stereocenters. The smallest absolute Gasteiger partial charge is 0.169 e. The Balaban J connectivity index is 2.32. The van der Waals surface area contributed by atoms with Gasteiger partial charge >= 0.3 is 0 Å². The number of nitrogens with zero attached hydrogens (tertiary/aromatic N) is 1. The van der Waals surface area contributed by atoms with E-state index in [1.165, 1.54) is 0 Å². The molecule has 0 N–H and O–H groups in total. The van der Waals surface area contributed by atoms with Crippen LogP contribution in [0.15, 0.2) is 30.5 Å². The van der Waals surface area contributed by atoms with E-state index in [2.05, 4.69) is 4.98 Å². The highest BCUT2D eigenvalue weighted by atomic mass is 16.5. The lowest BCUT2D eigenvalue weighted by atomic mass is 9.99. The Bertz CT molecular complexity index is 647. The number of ether oxygens (including phenoxy) is 1. The van der Waals surface area contributed by atoms with Crippen molar-refractivity contribution in [3.63, 3.8) is 0 Å². The number of Topliss-reactive ketones (excluding diaryl/α,β-unsaturated/α-hetero) is 1. The first-order chi connectivity index (χ1) is 9.54. The van der Waals surface area contributed by atoms with Crippen molar-refractivity contribution in [2.75, 3.05) is 7.11 Å². The molecule has 2 aromatic rings. The van der Waals surface area contributed by atoms with E-state index in [-0.39, 0.29) is 5.78 Å². The predicted molar refractivity (Wildman–Crippen MR) is 79.5 cm³/mol. The van der Waals surface area contributed by atoms with Gasteiger partial charge in [-0.2, -0.15) is 0 Å². The number of rotatable bonds is 4. The van der Waals surface area contributed by atoms with Gasteiger partial charge in [0.25, 0.3) is 0 Å². The van der Waals surface area contributed by atoms with Crippen LogP contribution in [0.5, 0.6) is 5.75 Å². The number of hydrogen-bond donors (Lipinski definition) is 0. The van der Waals surface area contributed by atoms with E-state index in [9.17, 15) is 4.79 Å². The maximum absolute atomic E-state index is 12.4. The number of aromatic nitrogens is 1. The molecule has 0 bridgehead atoms. The number of pyridine rings is 1. The molecule has 1 heterocycles. The molecular weight excluding hydrogens is 250 g/mol. The predicted octanol–water partition coefficient (Wildman–Crippen LogP) is 3.44. The second-order valence-electron chi connectivity index (χ2n) is 4.96. The molecule has 20 heavy (non-hydrogen) atoms. The molecule has 3 nitrogen and oxygen atoms in total. The zero-order valence-electron chi connectivity index (χ0n) is 12.4. The molecule has 3 heteroatoms. The minimum Gasteiger partial charge on any atom is -0.496 e. The summed E-state index contributed by atoms with van der Waals surface area (Å²) in [4.78, 5) is 16.8. The lowest BCUT2D eigenvalue weighted by Gasteiger charge is -2.12. The third-order valence-electron chi connectivity index (χ3n) is 3.52. The molecule has 0 spiro atoms. The molecule has 0 saturated carbocycles. The molecule has 0 aliphatic carbocycles. The molecule has 0 amide bonds. The van der Waals surface area contributed by atoms with E-state index in [4.69, 9.17) is 4.74 Å². The van der Waals surface area contributed by atoms with E-state index < -0.39 is 0 Å². The number of benzene rings is 1. The Morgan fingerprint density at radius 1 is 1.15 bits per heavy atom. The fourth-order valence-electron chi connectivity index (χ4n) is 2.38. The van der Waals surface area contributed by atoms with Gasteiger partial charge in [0.15, 0.2) is 5.78 Å². The van der Waals surface area contributed by atoms with Crippen LogP contribution in [0.25, 0.3) is 0 Å². The summed E-state index contributed by atoms with van der Waals surface area (Å²) < 4.78 is 5.38. The van der Waals surface area contributed by atoms with Crippen LogP contribution in [0.2, 0.25) is 0 Å². The van der Waals surface area contributed by atoms with Crippen molar-refractivity contribution in [3.05, 3.63) is 58.4 Å². The molecule has 0 radical (unpaired) electrons. The molecule has 0 aliphatic rings. The van der Waals surface area contributed by atoms with Crippen molar-refractivity contribution in [2.45, 2.75) is 27.2 Å². The van der Waals surface area contributed by atoms with Crippen LogP contribution in [0.1, 0.15) is 32.7 Å². The maximum atomic E-state index is 12.4. The fourth-order valence-corrected chi connectivity index (χ4v) is 2.38. The van der Waals surface area contributed by atoms with Crippen molar-refractivity contribution < 1.29 is 9.53 Å². The van der Waals surface area contributed by atoms with E-state index in [1.54, 1.807) is 13.3 Å². The number of hydrogen-bond acceptors (Lipinski definition) is 3. The van der Waals surface area contributed by atoms with Gasteiger partial charge in [-0.05, 0) is 26.3 Å². The lowest BCUT2D eigenvalue weighted by molar-refractivity contribution is 0.0991. The Morgan fingerprint density at radius 3 is 2.50 bits per heavy atom. The minimum absolute atomic E-state index is 0.0876. The minimum atomic E-state index is 0.0876. The van der Waals surface area contributed by atoms with Crippen molar-refractivity contribution >= 4 is 5.78 Å². The quantitative estimate of drug-likeness (QED) is 0.798. The fraction of sp³-hybridized carbons (Fsp3) is 0.294. The van der Waals surface area contributed by atoms with Gasteiger partial charge in [-0.1, -0.05) is 24.3 Å². The monoisotopic (exact) mass is 269 g/mol. The average Bonchev–Trinajstić information content (AvgIpc) is 2.43. The number of carbonyl (C=O) groups is 1. The van der Waals surface area contributed by atoms with Crippen molar-refractivity contribution in [2.24, 2.45) is 0 Å². The van der Waals surface area contributed by atoms with Crippen molar-refractivity contribution in [1.29, 1.82) is 0 Å². The highest BCUT2D eigenvalue weighted by Gasteiger charge is 2.15. The van der Waals surface area contributed by atoms with Crippen LogP contribution < -0.4 is 4.74 Å². The Morgan fingerprint density at radius 2 is 1.85 bits per heavy atom. The summed E-state index contributed by atoms with van der Waals surface area (Å²) in [6.45, 7) is 5.84. The highest BCUT2D eigenvalue weighted by molar-refractivity contribution is 5.98.